The minimum atomic E-state index is 0. The number of hydrazine groups is 1. The number of hydrogen-bond donors (Lipinski definition) is 2. The van der Waals surface area contributed by atoms with Gasteiger partial charge in [0.1, 0.15) is 0 Å². The van der Waals surface area contributed by atoms with Crippen molar-refractivity contribution in [3.8, 4) is 0 Å². The van der Waals surface area contributed by atoms with Crippen molar-refractivity contribution in [1.29, 1.82) is 0 Å². The molecule has 3 N–H and O–H groups in total. The maximum Gasteiger partial charge on any atom is 0.0485 e. The number of benzene rings is 1. The summed E-state index contributed by atoms with van der Waals surface area (Å²) in [6.07, 6.45) is 0. The summed E-state index contributed by atoms with van der Waals surface area (Å²) in [5.74, 6) is 5.15. The molecule has 1 aromatic carbocycles. The lowest BCUT2D eigenvalue weighted by Gasteiger charge is -1.97. The number of halogens is 1. The molecule has 0 bridgehead atoms. The van der Waals surface area contributed by atoms with Crippen molar-refractivity contribution in [3.63, 3.8) is 0 Å². The average molecular weight is 175 g/mol. The molecule has 0 aliphatic heterocycles. The Bertz CT molecular complexity index is 184. The standard InChI is InChI=1S/C7H10N2.CH4.ClH/c1-6-2-4-7(9-8)5-3-6;;/h2-5,9H,8H2,1H3;1H4;1H. The number of nitrogens with one attached hydrogen (secondary N) is 1. The first-order valence-corrected chi connectivity index (χ1v) is 2.86. The molecule has 1 rings (SSSR count). The van der Waals surface area contributed by atoms with Crippen molar-refractivity contribution in [2.24, 2.45) is 5.84 Å². The van der Waals surface area contributed by atoms with E-state index in [0.29, 0.717) is 0 Å². The zero-order chi connectivity index (χ0) is 6.69. The van der Waals surface area contributed by atoms with Crippen LogP contribution in [0.15, 0.2) is 24.3 Å². The fraction of sp³-hybridized carbons (Fsp3) is 0.250. The van der Waals surface area contributed by atoms with E-state index in [1.54, 1.807) is 0 Å². The topological polar surface area (TPSA) is 38.0 Å². The van der Waals surface area contributed by atoms with Crippen LogP contribution in [0.2, 0.25) is 0 Å². The second-order valence-electron chi connectivity index (χ2n) is 2.01. The van der Waals surface area contributed by atoms with E-state index in [1.165, 1.54) is 5.56 Å². The number of aryl methyl sites for hydroxylation is 1. The highest BCUT2D eigenvalue weighted by Gasteiger charge is 1.84. The van der Waals surface area contributed by atoms with E-state index in [2.05, 4.69) is 5.43 Å². The molecule has 0 unspecified atom stereocenters. The highest BCUT2D eigenvalue weighted by Crippen LogP contribution is 2.05. The zero-order valence-electron chi connectivity index (χ0n) is 5.79. The summed E-state index contributed by atoms with van der Waals surface area (Å²) in [7, 11) is 0. The lowest BCUT2D eigenvalue weighted by atomic mass is 10.2. The lowest BCUT2D eigenvalue weighted by molar-refractivity contribution is 1.34. The maximum absolute atomic E-state index is 5.15. The summed E-state index contributed by atoms with van der Waals surface area (Å²) >= 11 is 0. The number of hydrogen-bond acceptors (Lipinski definition) is 2. The summed E-state index contributed by atoms with van der Waals surface area (Å²) < 4.78 is 0. The van der Waals surface area contributed by atoms with Gasteiger partial charge in [-0.05, 0) is 19.1 Å². The third-order valence-corrected chi connectivity index (χ3v) is 1.22. The van der Waals surface area contributed by atoms with Gasteiger partial charge >= 0.3 is 0 Å². The Morgan fingerprint density at radius 1 is 1.18 bits per heavy atom. The number of rotatable bonds is 1. The van der Waals surface area contributed by atoms with Gasteiger partial charge in [-0.1, -0.05) is 25.1 Å². The van der Waals surface area contributed by atoms with Crippen LogP contribution in [0.25, 0.3) is 0 Å². The predicted octanol–water partition coefficient (Wildman–Crippen LogP) is 2.34. The Kier molecular flexibility index (Phi) is 7.05. The second kappa shape index (κ2) is 6.01. The third kappa shape index (κ3) is 3.86. The van der Waals surface area contributed by atoms with Gasteiger partial charge in [0.15, 0.2) is 0 Å². The molecule has 0 radical (unpaired) electrons. The van der Waals surface area contributed by atoms with Gasteiger partial charge in [-0.3, -0.25) is 5.84 Å². The molecular weight excluding hydrogens is 160 g/mol. The molecule has 0 spiro atoms. The molecule has 0 saturated carbocycles. The van der Waals surface area contributed by atoms with E-state index in [4.69, 9.17) is 5.84 Å². The summed E-state index contributed by atoms with van der Waals surface area (Å²) in [6, 6.07) is 7.90. The predicted molar refractivity (Wildman–Crippen MR) is 53.0 cm³/mol. The van der Waals surface area contributed by atoms with Crippen molar-refractivity contribution < 1.29 is 0 Å². The van der Waals surface area contributed by atoms with E-state index in [9.17, 15) is 0 Å². The molecule has 11 heavy (non-hydrogen) atoms. The zero-order valence-corrected chi connectivity index (χ0v) is 6.61. The Balaban J connectivity index is 0. The van der Waals surface area contributed by atoms with Gasteiger partial charge in [0.05, 0.1) is 0 Å². The Labute approximate surface area is 74.2 Å². The first-order valence-electron chi connectivity index (χ1n) is 2.86. The fourth-order valence-electron chi connectivity index (χ4n) is 0.650. The monoisotopic (exact) mass is 174 g/mol. The van der Waals surface area contributed by atoms with Gasteiger partial charge in [-0.15, -0.1) is 12.4 Å². The van der Waals surface area contributed by atoms with Crippen molar-refractivity contribution >= 4 is 18.1 Å². The van der Waals surface area contributed by atoms with Crippen LogP contribution in [0.1, 0.15) is 13.0 Å². The SMILES string of the molecule is C.Cc1ccc(NN)cc1.Cl. The molecule has 0 atom stereocenters. The van der Waals surface area contributed by atoms with Crippen LogP contribution >= 0.6 is 12.4 Å². The van der Waals surface area contributed by atoms with Gasteiger partial charge in [0.2, 0.25) is 0 Å². The molecule has 3 heteroatoms. The van der Waals surface area contributed by atoms with Crippen LogP contribution in [0.4, 0.5) is 5.69 Å². The van der Waals surface area contributed by atoms with E-state index < -0.39 is 0 Å². The largest absolute Gasteiger partial charge is 0.324 e. The van der Waals surface area contributed by atoms with E-state index in [1.807, 2.05) is 31.2 Å². The lowest BCUT2D eigenvalue weighted by Crippen LogP contribution is -2.05. The fourth-order valence-corrected chi connectivity index (χ4v) is 0.650. The smallest absolute Gasteiger partial charge is 0.0485 e. The second-order valence-corrected chi connectivity index (χ2v) is 2.01. The summed E-state index contributed by atoms with van der Waals surface area (Å²) in [6.45, 7) is 2.04. The van der Waals surface area contributed by atoms with Crippen LogP contribution in [0.3, 0.4) is 0 Å². The maximum atomic E-state index is 5.15. The van der Waals surface area contributed by atoms with Crippen LogP contribution in [0, 0.1) is 6.92 Å². The van der Waals surface area contributed by atoms with Gasteiger partial charge in [-0.2, -0.15) is 0 Å². The van der Waals surface area contributed by atoms with Crippen molar-refractivity contribution in [2.45, 2.75) is 14.4 Å². The Morgan fingerprint density at radius 3 is 2.00 bits per heavy atom. The van der Waals surface area contributed by atoms with Crippen LogP contribution < -0.4 is 11.3 Å². The molecule has 0 aliphatic carbocycles. The molecule has 0 aromatic heterocycles. The number of nitrogen functional groups attached to an aromatic ring is 1. The van der Waals surface area contributed by atoms with E-state index in [0.717, 1.165) is 5.69 Å². The minimum absolute atomic E-state index is 0. The number of nitrogens with two attached hydrogens (primary N) is 1. The normalized spacial score (nSPS) is 7.45. The van der Waals surface area contributed by atoms with Crippen molar-refractivity contribution in [2.75, 3.05) is 5.43 Å². The molecule has 0 heterocycles. The van der Waals surface area contributed by atoms with Crippen LogP contribution in [-0.4, -0.2) is 0 Å². The summed E-state index contributed by atoms with van der Waals surface area (Å²) in [4.78, 5) is 0. The summed E-state index contributed by atoms with van der Waals surface area (Å²) in [5.41, 5.74) is 4.74. The molecule has 1 aromatic rings. The first kappa shape index (κ1) is 12.9. The molecule has 0 saturated heterocycles. The van der Waals surface area contributed by atoms with Crippen molar-refractivity contribution in [3.05, 3.63) is 29.8 Å². The molecule has 0 amide bonds. The van der Waals surface area contributed by atoms with Crippen molar-refractivity contribution in [1.82, 2.24) is 0 Å². The molecule has 0 fully saturated rings. The van der Waals surface area contributed by atoms with Gasteiger partial charge in [0, 0.05) is 5.69 Å². The quantitative estimate of drug-likeness (QED) is 0.507. The molecule has 2 nitrogen and oxygen atoms in total. The molecule has 64 valence electrons. The minimum Gasteiger partial charge on any atom is -0.324 e. The Hall–Kier alpha value is -0.730. The van der Waals surface area contributed by atoms with Gasteiger partial charge in [0.25, 0.3) is 0 Å². The highest BCUT2D eigenvalue weighted by atomic mass is 35.5. The number of anilines is 1. The van der Waals surface area contributed by atoms with Crippen LogP contribution in [0.5, 0.6) is 0 Å². The summed E-state index contributed by atoms with van der Waals surface area (Å²) in [5, 5.41) is 0. The third-order valence-electron chi connectivity index (χ3n) is 1.22. The van der Waals surface area contributed by atoms with Gasteiger partial charge in [-0.25, -0.2) is 0 Å². The average Bonchev–Trinajstić information content (AvgIpc) is 1.90. The Morgan fingerprint density at radius 2 is 1.64 bits per heavy atom. The molecular formula is C8H15ClN2. The van der Waals surface area contributed by atoms with E-state index in [-0.39, 0.29) is 19.8 Å². The van der Waals surface area contributed by atoms with E-state index >= 15 is 0 Å². The first-order chi connectivity index (χ1) is 4.33. The van der Waals surface area contributed by atoms with Crippen LogP contribution in [-0.2, 0) is 0 Å². The van der Waals surface area contributed by atoms with Gasteiger partial charge < -0.3 is 5.43 Å². The molecule has 0 aliphatic rings. The highest BCUT2D eigenvalue weighted by molar-refractivity contribution is 5.85.